The monoisotopic (exact) mass is 376 g/mol. The average Bonchev–Trinajstić information content (AvgIpc) is 2.91. The molecule has 132 valence electrons. The van der Waals surface area contributed by atoms with Crippen LogP contribution in [0.25, 0.3) is 10.2 Å². The summed E-state index contributed by atoms with van der Waals surface area (Å²) in [5.74, 6) is 0. The van der Waals surface area contributed by atoms with Crippen LogP contribution in [-0.2, 0) is 21.3 Å². The van der Waals surface area contributed by atoms with Crippen molar-refractivity contribution >= 4 is 31.6 Å². The van der Waals surface area contributed by atoms with Crippen LogP contribution < -0.4 is 4.80 Å². The van der Waals surface area contributed by atoms with E-state index in [-0.39, 0.29) is 4.90 Å². The number of thiazole rings is 1. The van der Waals surface area contributed by atoms with E-state index in [1.165, 1.54) is 11.3 Å². The predicted molar refractivity (Wildman–Crippen MR) is 100 cm³/mol. The van der Waals surface area contributed by atoms with E-state index < -0.39 is 10.0 Å². The van der Waals surface area contributed by atoms with E-state index >= 15 is 0 Å². The summed E-state index contributed by atoms with van der Waals surface area (Å²) in [5, 5.41) is 0. The topological polar surface area (TPSA) is 60.7 Å². The van der Waals surface area contributed by atoms with Gasteiger partial charge in [-0.2, -0.15) is 8.42 Å². The summed E-state index contributed by atoms with van der Waals surface area (Å²) in [6.07, 6.45) is 0. The predicted octanol–water partition coefficient (Wildman–Crippen LogP) is 3.34. The number of rotatable bonds is 6. The zero-order chi connectivity index (χ0) is 17.9. The highest BCUT2D eigenvalue weighted by Crippen LogP contribution is 2.20. The largest absolute Gasteiger partial charge is 0.380 e. The van der Waals surface area contributed by atoms with Gasteiger partial charge in [0, 0.05) is 13.2 Å². The molecule has 5 nitrogen and oxygen atoms in total. The lowest BCUT2D eigenvalue weighted by Gasteiger charge is -2.06. The van der Waals surface area contributed by atoms with Gasteiger partial charge in [-0.1, -0.05) is 35.6 Å². The molecule has 0 spiro atoms. The molecule has 0 fully saturated rings. The maximum absolute atomic E-state index is 12.6. The maximum Gasteiger partial charge on any atom is 0.285 e. The van der Waals surface area contributed by atoms with Crippen LogP contribution in [-0.4, -0.2) is 26.2 Å². The van der Waals surface area contributed by atoms with Gasteiger partial charge in [0.25, 0.3) is 10.0 Å². The van der Waals surface area contributed by atoms with Gasteiger partial charge in [-0.15, -0.1) is 4.40 Å². The minimum Gasteiger partial charge on any atom is -0.380 e. The zero-order valence-corrected chi connectivity index (χ0v) is 15.8. The Bertz CT molecular complexity index is 1040. The first-order chi connectivity index (χ1) is 12.0. The SMILES string of the molecule is CCOCCn1/c(=N/S(=O)(=O)c2ccccc2)sc2cc(C)ccc21. The van der Waals surface area contributed by atoms with Gasteiger partial charge in [-0.3, -0.25) is 0 Å². The first-order valence-electron chi connectivity index (χ1n) is 8.05. The number of ether oxygens (including phenoxy) is 1. The van der Waals surface area contributed by atoms with Crippen molar-refractivity contribution in [3.8, 4) is 0 Å². The average molecular weight is 377 g/mol. The standard InChI is InChI=1S/C18H20N2O3S2/c1-3-23-12-11-20-16-10-9-14(2)13-17(16)24-18(20)19-25(21,22)15-7-5-4-6-8-15/h4-10,13H,3,11-12H2,1-2H3/b19-18-. The minimum absolute atomic E-state index is 0.194. The van der Waals surface area contributed by atoms with Gasteiger partial charge >= 0.3 is 0 Å². The molecule has 0 unspecified atom stereocenters. The first-order valence-corrected chi connectivity index (χ1v) is 10.3. The maximum atomic E-state index is 12.6. The molecule has 0 saturated heterocycles. The third-order valence-corrected chi connectivity index (χ3v) is 6.18. The molecule has 0 aliphatic heterocycles. The molecule has 0 radical (unpaired) electrons. The molecule has 2 aromatic carbocycles. The third-order valence-electron chi connectivity index (χ3n) is 3.74. The minimum atomic E-state index is -3.75. The number of nitrogens with zero attached hydrogens (tertiary/aromatic N) is 2. The van der Waals surface area contributed by atoms with Gasteiger partial charge in [0.1, 0.15) is 0 Å². The second-order valence-corrected chi connectivity index (χ2v) is 8.20. The molecule has 0 aliphatic rings. The molecular weight excluding hydrogens is 356 g/mol. The Morgan fingerprint density at radius 3 is 2.64 bits per heavy atom. The van der Waals surface area contributed by atoms with Crippen molar-refractivity contribution in [2.24, 2.45) is 4.40 Å². The molecule has 0 amide bonds. The van der Waals surface area contributed by atoms with E-state index in [0.717, 1.165) is 15.8 Å². The number of hydrogen-bond donors (Lipinski definition) is 0. The molecular formula is C18H20N2O3S2. The highest BCUT2D eigenvalue weighted by molar-refractivity contribution is 7.90. The third kappa shape index (κ3) is 4.00. The Labute approximate surface area is 151 Å². The normalized spacial score (nSPS) is 12.8. The van der Waals surface area contributed by atoms with Gasteiger partial charge in [0.15, 0.2) is 0 Å². The molecule has 0 atom stereocenters. The summed E-state index contributed by atoms with van der Waals surface area (Å²) in [6, 6.07) is 14.3. The zero-order valence-electron chi connectivity index (χ0n) is 14.2. The summed E-state index contributed by atoms with van der Waals surface area (Å²) in [4.78, 5) is 0.657. The molecule has 0 saturated carbocycles. The highest BCUT2D eigenvalue weighted by atomic mass is 32.2. The second kappa shape index (κ2) is 7.51. The summed E-state index contributed by atoms with van der Waals surface area (Å²) in [5.41, 5.74) is 2.10. The highest BCUT2D eigenvalue weighted by Gasteiger charge is 2.14. The Balaban J connectivity index is 2.15. The lowest BCUT2D eigenvalue weighted by atomic mass is 10.2. The van der Waals surface area contributed by atoms with Crippen molar-refractivity contribution in [3.63, 3.8) is 0 Å². The van der Waals surface area contributed by atoms with Gasteiger partial charge in [-0.25, -0.2) is 0 Å². The Morgan fingerprint density at radius 2 is 1.92 bits per heavy atom. The number of fused-ring (bicyclic) bond motifs is 1. The van der Waals surface area contributed by atoms with E-state index in [2.05, 4.69) is 4.40 Å². The van der Waals surface area contributed by atoms with Crippen LogP contribution in [0.1, 0.15) is 12.5 Å². The fourth-order valence-electron chi connectivity index (χ4n) is 2.51. The number of sulfonamides is 1. The van der Waals surface area contributed by atoms with Crippen molar-refractivity contribution in [1.82, 2.24) is 4.57 Å². The first kappa shape index (κ1) is 17.8. The molecule has 1 aromatic heterocycles. The lowest BCUT2D eigenvalue weighted by Crippen LogP contribution is -2.19. The summed E-state index contributed by atoms with van der Waals surface area (Å²) < 4.78 is 37.7. The molecule has 7 heteroatoms. The van der Waals surface area contributed by atoms with E-state index in [0.29, 0.717) is 24.6 Å². The van der Waals surface area contributed by atoms with E-state index in [1.807, 2.05) is 36.6 Å². The van der Waals surface area contributed by atoms with Crippen LogP contribution in [0.4, 0.5) is 0 Å². The van der Waals surface area contributed by atoms with Crippen LogP contribution in [0.15, 0.2) is 57.8 Å². The van der Waals surface area contributed by atoms with Crippen LogP contribution >= 0.6 is 11.3 Å². The smallest absolute Gasteiger partial charge is 0.285 e. The van der Waals surface area contributed by atoms with E-state index in [4.69, 9.17) is 4.74 Å². The fraction of sp³-hybridized carbons (Fsp3) is 0.278. The number of hydrogen-bond acceptors (Lipinski definition) is 4. The Morgan fingerprint density at radius 1 is 1.16 bits per heavy atom. The molecule has 0 aliphatic carbocycles. The van der Waals surface area contributed by atoms with Gasteiger partial charge in [0.2, 0.25) is 4.80 Å². The fourth-order valence-corrected chi connectivity index (χ4v) is 4.89. The van der Waals surface area contributed by atoms with Crippen molar-refractivity contribution < 1.29 is 13.2 Å². The molecule has 3 aromatic rings. The summed E-state index contributed by atoms with van der Waals surface area (Å²) in [7, 11) is -3.75. The van der Waals surface area contributed by atoms with E-state index in [1.54, 1.807) is 30.3 Å². The lowest BCUT2D eigenvalue weighted by molar-refractivity contribution is 0.139. The van der Waals surface area contributed by atoms with Crippen LogP contribution in [0.2, 0.25) is 0 Å². The Hall–Kier alpha value is -1.96. The Kier molecular flexibility index (Phi) is 5.36. The molecule has 1 heterocycles. The molecule has 25 heavy (non-hydrogen) atoms. The molecule has 0 bridgehead atoms. The van der Waals surface area contributed by atoms with Gasteiger partial charge in [-0.05, 0) is 43.7 Å². The van der Waals surface area contributed by atoms with Crippen molar-refractivity contribution in [1.29, 1.82) is 0 Å². The number of aromatic nitrogens is 1. The molecule has 3 rings (SSSR count). The second-order valence-electron chi connectivity index (χ2n) is 5.58. The number of benzene rings is 2. The summed E-state index contributed by atoms with van der Waals surface area (Å²) >= 11 is 1.38. The van der Waals surface area contributed by atoms with Crippen molar-refractivity contribution in [2.75, 3.05) is 13.2 Å². The van der Waals surface area contributed by atoms with Crippen molar-refractivity contribution in [3.05, 3.63) is 58.9 Å². The molecule has 0 N–H and O–H groups in total. The van der Waals surface area contributed by atoms with E-state index in [9.17, 15) is 8.42 Å². The van der Waals surface area contributed by atoms with Crippen LogP contribution in [0.5, 0.6) is 0 Å². The van der Waals surface area contributed by atoms with Gasteiger partial charge < -0.3 is 9.30 Å². The number of aryl methyl sites for hydroxylation is 1. The van der Waals surface area contributed by atoms with Crippen LogP contribution in [0.3, 0.4) is 0 Å². The van der Waals surface area contributed by atoms with Crippen molar-refractivity contribution in [2.45, 2.75) is 25.3 Å². The quantitative estimate of drug-likeness (QED) is 0.620. The summed E-state index contributed by atoms with van der Waals surface area (Å²) in [6.45, 7) is 5.64. The van der Waals surface area contributed by atoms with Crippen LogP contribution in [0, 0.1) is 6.92 Å². The van der Waals surface area contributed by atoms with Gasteiger partial charge in [0.05, 0.1) is 21.7 Å².